The van der Waals surface area contributed by atoms with E-state index < -0.39 is 0 Å². The van der Waals surface area contributed by atoms with E-state index in [0.717, 1.165) is 34.2 Å². The van der Waals surface area contributed by atoms with Crippen LogP contribution in [0, 0.1) is 0 Å². The van der Waals surface area contributed by atoms with Gasteiger partial charge >= 0.3 is 0 Å². The number of likely N-dealkylation sites (N-methyl/N-ethyl adjacent to an activating group) is 1. The highest BCUT2D eigenvalue weighted by atomic mass is 16.2. The fourth-order valence-electron chi connectivity index (χ4n) is 3.52. The molecule has 0 bridgehead atoms. The van der Waals surface area contributed by atoms with E-state index in [1.165, 1.54) is 0 Å². The lowest BCUT2D eigenvalue weighted by molar-refractivity contribution is -0.132. The minimum atomic E-state index is 0.163. The van der Waals surface area contributed by atoms with Gasteiger partial charge in [0.25, 0.3) is 0 Å². The summed E-state index contributed by atoms with van der Waals surface area (Å²) in [7, 11) is 1.82. The summed E-state index contributed by atoms with van der Waals surface area (Å²) in [5.41, 5.74) is 3.63. The van der Waals surface area contributed by atoms with Crippen LogP contribution in [0.2, 0.25) is 0 Å². The molecule has 1 aliphatic heterocycles. The van der Waals surface area contributed by atoms with Crippen molar-refractivity contribution in [1.29, 1.82) is 0 Å². The minimum Gasteiger partial charge on any atom is -0.350 e. The van der Waals surface area contributed by atoms with Crippen LogP contribution >= 0.6 is 0 Å². The normalized spacial score (nSPS) is 17.7. The third-order valence-electron chi connectivity index (χ3n) is 4.99. The SMILES string of the molecule is CN1C[C@H](Nc2ncc3c(-c4ccc5nncn5c4)c[nH]c3n2)CCC1=O. The highest BCUT2D eigenvalue weighted by Crippen LogP contribution is 2.28. The zero-order valence-electron chi connectivity index (χ0n) is 14.8. The number of rotatable bonds is 3. The molecular weight excluding hydrogens is 344 g/mol. The summed E-state index contributed by atoms with van der Waals surface area (Å²) in [5, 5.41) is 12.2. The number of hydrogen-bond donors (Lipinski definition) is 2. The molecule has 1 fully saturated rings. The first-order valence-electron chi connectivity index (χ1n) is 8.82. The second kappa shape index (κ2) is 6.04. The van der Waals surface area contributed by atoms with Gasteiger partial charge in [0.2, 0.25) is 11.9 Å². The van der Waals surface area contributed by atoms with Crippen LogP contribution in [0.15, 0.2) is 37.1 Å². The Hall–Kier alpha value is -3.49. The quantitative estimate of drug-likeness (QED) is 0.575. The van der Waals surface area contributed by atoms with Crippen LogP contribution in [-0.4, -0.2) is 60.0 Å². The number of H-pyrrole nitrogens is 1. The van der Waals surface area contributed by atoms with Crippen molar-refractivity contribution in [3.8, 4) is 11.1 Å². The Morgan fingerprint density at radius 3 is 3.15 bits per heavy atom. The molecule has 0 aromatic carbocycles. The predicted molar refractivity (Wildman–Crippen MR) is 100 cm³/mol. The minimum absolute atomic E-state index is 0.163. The Balaban J connectivity index is 1.43. The molecule has 1 saturated heterocycles. The summed E-state index contributed by atoms with van der Waals surface area (Å²) in [6.45, 7) is 0.662. The molecule has 1 aliphatic rings. The topological polar surface area (TPSA) is 104 Å². The Labute approximate surface area is 154 Å². The molecule has 27 heavy (non-hydrogen) atoms. The smallest absolute Gasteiger partial charge is 0.224 e. The van der Waals surface area contributed by atoms with E-state index in [9.17, 15) is 4.79 Å². The molecule has 0 aliphatic carbocycles. The van der Waals surface area contributed by atoms with E-state index in [-0.39, 0.29) is 11.9 Å². The summed E-state index contributed by atoms with van der Waals surface area (Å²) in [5.74, 6) is 0.751. The number of nitrogens with one attached hydrogen (secondary N) is 2. The summed E-state index contributed by atoms with van der Waals surface area (Å²) >= 11 is 0. The monoisotopic (exact) mass is 362 g/mol. The Bertz CT molecular complexity index is 1150. The van der Waals surface area contributed by atoms with Crippen LogP contribution in [0.4, 0.5) is 5.95 Å². The van der Waals surface area contributed by atoms with Crippen LogP contribution in [0.1, 0.15) is 12.8 Å². The van der Waals surface area contributed by atoms with Gasteiger partial charge in [-0.1, -0.05) is 0 Å². The largest absolute Gasteiger partial charge is 0.350 e. The van der Waals surface area contributed by atoms with Gasteiger partial charge in [-0.15, -0.1) is 10.2 Å². The first-order chi connectivity index (χ1) is 13.2. The predicted octanol–water partition coefficient (Wildman–Crippen LogP) is 1.70. The number of piperidine rings is 1. The zero-order valence-corrected chi connectivity index (χ0v) is 14.8. The molecule has 1 amide bonds. The highest BCUT2D eigenvalue weighted by molar-refractivity contribution is 5.93. The lowest BCUT2D eigenvalue weighted by Crippen LogP contribution is -2.43. The van der Waals surface area contributed by atoms with Gasteiger partial charge < -0.3 is 15.2 Å². The third kappa shape index (κ3) is 2.77. The molecule has 5 heterocycles. The molecule has 5 rings (SSSR count). The van der Waals surface area contributed by atoms with Gasteiger partial charge in [0, 0.05) is 61.2 Å². The van der Waals surface area contributed by atoms with Crippen molar-refractivity contribution in [2.24, 2.45) is 0 Å². The van der Waals surface area contributed by atoms with Crippen molar-refractivity contribution in [3.05, 3.63) is 37.1 Å². The fourth-order valence-corrected chi connectivity index (χ4v) is 3.52. The number of aromatic amines is 1. The highest BCUT2D eigenvalue weighted by Gasteiger charge is 2.23. The zero-order chi connectivity index (χ0) is 18.4. The number of pyridine rings is 1. The average molecular weight is 362 g/mol. The number of hydrogen-bond acceptors (Lipinski definition) is 6. The Morgan fingerprint density at radius 2 is 2.26 bits per heavy atom. The molecule has 0 saturated carbocycles. The van der Waals surface area contributed by atoms with Gasteiger partial charge in [-0.3, -0.25) is 9.20 Å². The maximum Gasteiger partial charge on any atom is 0.224 e. The first-order valence-corrected chi connectivity index (χ1v) is 8.82. The van der Waals surface area contributed by atoms with Crippen molar-refractivity contribution in [3.63, 3.8) is 0 Å². The van der Waals surface area contributed by atoms with Gasteiger partial charge in [-0.05, 0) is 18.6 Å². The van der Waals surface area contributed by atoms with E-state index in [4.69, 9.17) is 0 Å². The maximum absolute atomic E-state index is 11.6. The number of likely N-dealkylation sites (tertiary alicyclic amines) is 1. The number of carbonyl (C=O) groups is 1. The summed E-state index contributed by atoms with van der Waals surface area (Å²) in [6.07, 6.45) is 8.76. The second-order valence-electron chi connectivity index (χ2n) is 6.83. The number of nitrogens with zero attached hydrogens (tertiary/aromatic N) is 6. The van der Waals surface area contributed by atoms with E-state index in [1.54, 1.807) is 11.2 Å². The van der Waals surface area contributed by atoms with Gasteiger partial charge in [-0.2, -0.15) is 4.98 Å². The molecule has 2 N–H and O–H groups in total. The number of carbonyl (C=O) groups excluding carboxylic acids is 1. The van der Waals surface area contributed by atoms with Crippen molar-refractivity contribution in [1.82, 2.24) is 34.4 Å². The molecule has 136 valence electrons. The molecule has 0 radical (unpaired) electrons. The van der Waals surface area contributed by atoms with Gasteiger partial charge in [0.15, 0.2) is 5.65 Å². The van der Waals surface area contributed by atoms with Crippen LogP contribution in [-0.2, 0) is 4.79 Å². The standard InChI is InChI=1S/C18H18N8O/c1-25-9-12(3-5-16(25)27)22-18-20-7-14-13(6-19-17(14)23-18)11-2-4-15-24-21-10-26(15)8-11/h2,4,6-8,10,12H,3,5,9H2,1H3,(H2,19,20,22,23)/t12-/m1/s1. The first kappa shape index (κ1) is 15.7. The van der Waals surface area contributed by atoms with Crippen molar-refractivity contribution in [2.45, 2.75) is 18.9 Å². The second-order valence-corrected chi connectivity index (χ2v) is 6.83. The number of anilines is 1. The van der Waals surface area contributed by atoms with Crippen LogP contribution in [0.5, 0.6) is 0 Å². The van der Waals surface area contributed by atoms with Gasteiger partial charge in [-0.25, -0.2) is 4.98 Å². The number of fused-ring (bicyclic) bond motifs is 2. The fraction of sp³-hybridized carbons (Fsp3) is 0.278. The van der Waals surface area contributed by atoms with Crippen LogP contribution < -0.4 is 5.32 Å². The van der Waals surface area contributed by atoms with Crippen LogP contribution in [0.3, 0.4) is 0 Å². The van der Waals surface area contributed by atoms with Crippen molar-refractivity contribution < 1.29 is 4.79 Å². The number of amides is 1. The number of aromatic nitrogens is 6. The summed E-state index contributed by atoms with van der Waals surface area (Å²) in [6, 6.07) is 4.10. The van der Waals surface area contributed by atoms with E-state index in [0.29, 0.717) is 18.9 Å². The third-order valence-corrected chi connectivity index (χ3v) is 4.99. The Morgan fingerprint density at radius 1 is 1.33 bits per heavy atom. The molecule has 0 unspecified atom stereocenters. The van der Waals surface area contributed by atoms with Gasteiger partial charge in [0.05, 0.1) is 0 Å². The molecule has 4 aromatic rings. The lowest BCUT2D eigenvalue weighted by atomic mass is 10.1. The molecule has 9 nitrogen and oxygen atoms in total. The molecule has 1 atom stereocenters. The van der Waals surface area contributed by atoms with Crippen LogP contribution in [0.25, 0.3) is 27.8 Å². The molecular formula is C18H18N8O. The van der Waals surface area contributed by atoms with E-state index in [1.807, 2.05) is 42.2 Å². The van der Waals surface area contributed by atoms with Crippen molar-refractivity contribution >= 4 is 28.5 Å². The van der Waals surface area contributed by atoms with E-state index >= 15 is 0 Å². The van der Waals surface area contributed by atoms with E-state index in [2.05, 4.69) is 30.5 Å². The average Bonchev–Trinajstić information content (AvgIpc) is 3.30. The Kier molecular flexibility index (Phi) is 3.52. The molecule has 9 heteroatoms. The maximum atomic E-state index is 11.6. The lowest BCUT2D eigenvalue weighted by Gasteiger charge is -2.30. The van der Waals surface area contributed by atoms with Crippen molar-refractivity contribution in [2.75, 3.05) is 18.9 Å². The summed E-state index contributed by atoms with van der Waals surface area (Å²) in [4.78, 5) is 25.7. The molecule has 0 spiro atoms. The van der Waals surface area contributed by atoms with Gasteiger partial charge in [0.1, 0.15) is 12.0 Å². The molecule has 4 aromatic heterocycles. The summed E-state index contributed by atoms with van der Waals surface area (Å²) < 4.78 is 1.88.